The Bertz CT molecular complexity index is 383. The maximum atomic E-state index is 11.6. The molecule has 0 amide bonds. The minimum Gasteiger partial charge on any atom is -0.466 e. The Morgan fingerprint density at radius 1 is 1.19 bits per heavy atom. The zero-order chi connectivity index (χ0) is 12.0. The lowest BCUT2D eigenvalue weighted by molar-refractivity contribution is -0.142. The first kappa shape index (κ1) is 12.4. The van der Waals surface area contributed by atoms with Crippen molar-refractivity contribution in [2.45, 2.75) is 26.7 Å². The fourth-order valence-corrected chi connectivity index (χ4v) is 1.50. The van der Waals surface area contributed by atoms with Crippen molar-refractivity contribution in [2.24, 2.45) is 0 Å². The van der Waals surface area contributed by atoms with Crippen LogP contribution in [-0.4, -0.2) is 18.4 Å². The van der Waals surface area contributed by atoms with Crippen molar-refractivity contribution in [3.05, 3.63) is 35.4 Å². The highest BCUT2D eigenvalue weighted by molar-refractivity contribution is 5.98. The van der Waals surface area contributed by atoms with Gasteiger partial charge in [0.05, 0.1) is 13.0 Å². The molecule has 3 heteroatoms. The molecule has 0 unspecified atom stereocenters. The molecular formula is C13H16O3. The second-order valence-electron chi connectivity index (χ2n) is 3.42. The summed E-state index contributed by atoms with van der Waals surface area (Å²) >= 11 is 0. The maximum absolute atomic E-state index is 11.6. The van der Waals surface area contributed by atoms with E-state index in [0.29, 0.717) is 18.6 Å². The van der Waals surface area contributed by atoms with Crippen LogP contribution in [0.2, 0.25) is 0 Å². The van der Waals surface area contributed by atoms with Gasteiger partial charge in [0.15, 0.2) is 5.78 Å². The van der Waals surface area contributed by atoms with Crippen LogP contribution in [0.3, 0.4) is 0 Å². The van der Waals surface area contributed by atoms with Gasteiger partial charge in [-0.2, -0.15) is 0 Å². The number of rotatable bonds is 5. The molecule has 0 aliphatic rings. The van der Waals surface area contributed by atoms with E-state index in [0.717, 1.165) is 5.56 Å². The molecule has 86 valence electrons. The minimum absolute atomic E-state index is 0.0555. The molecule has 16 heavy (non-hydrogen) atoms. The molecule has 1 aromatic carbocycles. The van der Waals surface area contributed by atoms with Gasteiger partial charge in [-0.25, -0.2) is 0 Å². The molecule has 3 nitrogen and oxygen atoms in total. The highest BCUT2D eigenvalue weighted by Crippen LogP contribution is 2.12. The molecule has 0 saturated carbocycles. The number of carbonyl (C=O) groups excluding carboxylic acids is 2. The van der Waals surface area contributed by atoms with E-state index in [-0.39, 0.29) is 18.2 Å². The Hall–Kier alpha value is -1.64. The predicted molar refractivity (Wildman–Crippen MR) is 61.4 cm³/mol. The second-order valence-corrected chi connectivity index (χ2v) is 3.42. The molecule has 1 rings (SSSR count). The van der Waals surface area contributed by atoms with Crippen molar-refractivity contribution >= 4 is 11.8 Å². The summed E-state index contributed by atoms with van der Waals surface area (Å²) in [4.78, 5) is 23.0. The molecule has 0 spiro atoms. The zero-order valence-electron chi connectivity index (χ0n) is 9.66. The Morgan fingerprint density at radius 3 is 2.50 bits per heavy atom. The van der Waals surface area contributed by atoms with Gasteiger partial charge in [0, 0.05) is 12.0 Å². The lowest BCUT2D eigenvalue weighted by atomic mass is 10.00. The van der Waals surface area contributed by atoms with E-state index in [4.69, 9.17) is 4.74 Å². The van der Waals surface area contributed by atoms with E-state index in [1.54, 1.807) is 25.1 Å². The molecule has 0 aliphatic heterocycles. The van der Waals surface area contributed by atoms with Crippen molar-refractivity contribution in [3.8, 4) is 0 Å². The van der Waals surface area contributed by atoms with Gasteiger partial charge in [-0.3, -0.25) is 9.59 Å². The molecule has 0 radical (unpaired) electrons. The third-order valence-electron chi connectivity index (χ3n) is 2.28. The molecule has 1 aromatic rings. The SMILES string of the molecule is CCOC(=O)Cc1ccccc1C(=O)CC. The topological polar surface area (TPSA) is 43.4 Å². The lowest BCUT2D eigenvalue weighted by Crippen LogP contribution is -2.11. The van der Waals surface area contributed by atoms with Crippen LogP contribution in [0, 0.1) is 0 Å². The number of ketones is 1. The molecule has 0 bridgehead atoms. The normalized spacial score (nSPS) is 9.88. The van der Waals surface area contributed by atoms with Crippen LogP contribution in [-0.2, 0) is 16.0 Å². The average Bonchev–Trinajstić information content (AvgIpc) is 2.29. The minimum atomic E-state index is -0.293. The van der Waals surface area contributed by atoms with Crippen molar-refractivity contribution in [1.82, 2.24) is 0 Å². The summed E-state index contributed by atoms with van der Waals surface area (Å²) < 4.78 is 4.86. The van der Waals surface area contributed by atoms with Gasteiger partial charge in [0.1, 0.15) is 0 Å². The monoisotopic (exact) mass is 220 g/mol. The predicted octanol–water partition coefficient (Wildman–Crippen LogP) is 2.38. The van der Waals surface area contributed by atoms with Gasteiger partial charge in [-0.05, 0) is 12.5 Å². The number of esters is 1. The Kier molecular flexibility index (Phi) is 4.70. The van der Waals surface area contributed by atoms with E-state index >= 15 is 0 Å². The number of hydrogen-bond acceptors (Lipinski definition) is 3. The first-order chi connectivity index (χ1) is 7.69. The zero-order valence-corrected chi connectivity index (χ0v) is 9.66. The van der Waals surface area contributed by atoms with Crippen LogP contribution >= 0.6 is 0 Å². The van der Waals surface area contributed by atoms with Crippen molar-refractivity contribution in [2.75, 3.05) is 6.61 Å². The van der Waals surface area contributed by atoms with Gasteiger partial charge < -0.3 is 4.74 Å². The van der Waals surface area contributed by atoms with Gasteiger partial charge in [0.25, 0.3) is 0 Å². The van der Waals surface area contributed by atoms with Crippen LogP contribution in [0.5, 0.6) is 0 Å². The molecule has 0 N–H and O–H groups in total. The number of hydrogen-bond donors (Lipinski definition) is 0. The van der Waals surface area contributed by atoms with Crippen LogP contribution < -0.4 is 0 Å². The van der Waals surface area contributed by atoms with Crippen molar-refractivity contribution in [3.63, 3.8) is 0 Å². The highest BCUT2D eigenvalue weighted by atomic mass is 16.5. The van der Waals surface area contributed by atoms with Gasteiger partial charge >= 0.3 is 5.97 Å². The van der Waals surface area contributed by atoms with Crippen LogP contribution in [0.4, 0.5) is 0 Å². The lowest BCUT2D eigenvalue weighted by Gasteiger charge is -2.07. The quantitative estimate of drug-likeness (QED) is 0.565. The van der Waals surface area contributed by atoms with E-state index in [2.05, 4.69) is 0 Å². The first-order valence-corrected chi connectivity index (χ1v) is 5.45. The number of Topliss-reactive ketones (excluding diaryl/α,β-unsaturated/α-hetero) is 1. The van der Waals surface area contributed by atoms with Gasteiger partial charge in [0.2, 0.25) is 0 Å². The summed E-state index contributed by atoms with van der Waals surface area (Å²) in [7, 11) is 0. The first-order valence-electron chi connectivity index (χ1n) is 5.45. The van der Waals surface area contributed by atoms with Crippen LogP contribution in [0.15, 0.2) is 24.3 Å². The Balaban J connectivity index is 2.87. The molecule has 0 saturated heterocycles. The van der Waals surface area contributed by atoms with Crippen LogP contribution in [0.25, 0.3) is 0 Å². The molecule has 0 aliphatic carbocycles. The summed E-state index contributed by atoms with van der Waals surface area (Å²) in [5, 5.41) is 0. The smallest absolute Gasteiger partial charge is 0.310 e. The standard InChI is InChI=1S/C13H16O3/c1-3-12(14)11-8-6-5-7-10(11)9-13(15)16-4-2/h5-8H,3-4,9H2,1-2H3. The average molecular weight is 220 g/mol. The van der Waals surface area contributed by atoms with E-state index in [9.17, 15) is 9.59 Å². The second kappa shape index (κ2) is 6.05. The number of ether oxygens (including phenoxy) is 1. The highest BCUT2D eigenvalue weighted by Gasteiger charge is 2.12. The number of benzene rings is 1. The molecular weight excluding hydrogens is 204 g/mol. The van der Waals surface area contributed by atoms with Crippen molar-refractivity contribution < 1.29 is 14.3 Å². The third-order valence-corrected chi connectivity index (χ3v) is 2.28. The van der Waals surface area contributed by atoms with E-state index in [1.807, 2.05) is 13.0 Å². The maximum Gasteiger partial charge on any atom is 0.310 e. The third kappa shape index (κ3) is 3.19. The molecule has 0 fully saturated rings. The van der Waals surface area contributed by atoms with Gasteiger partial charge in [-0.15, -0.1) is 0 Å². The summed E-state index contributed by atoms with van der Waals surface area (Å²) in [5.74, 6) is -0.237. The summed E-state index contributed by atoms with van der Waals surface area (Å²) in [6.45, 7) is 3.94. The number of carbonyl (C=O) groups is 2. The molecule has 0 atom stereocenters. The van der Waals surface area contributed by atoms with Crippen molar-refractivity contribution in [1.29, 1.82) is 0 Å². The summed E-state index contributed by atoms with van der Waals surface area (Å²) in [5.41, 5.74) is 1.37. The Labute approximate surface area is 95.4 Å². The Morgan fingerprint density at radius 2 is 1.88 bits per heavy atom. The summed E-state index contributed by atoms with van der Waals surface area (Å²) in [6, 6.07) is 7.17. The van der Waals surface area contributed by atoms with E-state index < -0.39 is 0 Å². The molecule has 0 aromatic heterocycles. The summed E-state index contributed by atoms with van der Waals surface area (Å²) in [6.07, 6.45) is 0.607. The fourth-order valence-electron chi connectivity index (χ4n) is 1.50. The van der Waals surface area contributed by atoms with E-state index in [1.165, 1.54) is 0 Å². The van der Waals surface area contributed by atoms with Gasteiger partial charge in [-0.1, -0.05) is 31.2 Å². The van der Waals surface area contributed by atoms with Crippen LogP contribution in [0.1, 0.15) is 36.2 Å². The largest absolute Gasteiger partial charge is 0.466 e. The fraction of sp³-hybridized carbons (Fsp3) is 0.385. The molecule has 0 heterocycles.